The molecule has 0 saturated carbocycles. The highest BCUT2D eigenvalue weighted by molar-refractivity contribution is 5.87. The first kappa shape index (κ1) is 25.5. The first-order valence-corrected chi connectivity index (χ1v) is 12.5. The summed E-state index contributed by atoms with van der Waals surface area (Å²) in [4.78, 5) is 16.4. The number of ether oxygens (including phenoxy) is 1. The van der Waals surface area contributed by atoms with Crippen molar-refractivity contribution >= 4 is 16.9 Å². The lowest BCUT2D eigenvalue weighted by Crippen LogP contribution is -2.21. The monoisotopic (exact) mass is 461 g/mol. The molecule has 1 amide bonds. The van der Waals surface area contributed by atoms with Crippen LogP contribution in [0, 0.1) is 0 Å². The molecule has 0 fully saturated rings. The molecule has 1 N–H and O–H groups in total. The number of aryl methyl sites for hydroxylation is 2. The highest BCUT2D eigenvalue weighted by atomic mass is 16.5. The van der Waals surface area contributed by atoms with Crippen LogP contribution < -0.4 is 10.1 Å². The predicted octanol–water partition coefficient (Wildman–Crippen LogP) is 6.21. The van der Waals surface area contributed by atoms with Gasteiger partial charge in [0.1, 0.15) is 11.6 Å². The molecule has 2 aromatic carbocycles. The smallest absolute Gasteiger partial charge is 0.243 e. The Hall–Kier alpha value is -3.08. The van der Waals surface area contributed by atoms with Gasteiger partial charge in [0.15, 0.2) is 0 Å². The summed E-state index contributed by atoms with van der Waals surface area (Å²) < 4.78 is 8.36. The van der Waals surface area contributed by atoms with Crippen LogP contribution in [-0.4, -0.2) is 28.6 Å². The largest absolute Gasteiger partial charge is 0.494 e. The van der Waals surface area contributed by atoms with Gasteiger partial charge in [0.05, 0.1) is 17.6 Å². The van der Waals surface area contributed by atoms with E-state index in [-0.39, 0.29) is 11.3 Å². The Balaban J connectivity index is 1.50. The number of allylic oxidation sites excluding steroid dienone is 1. The number of carbonyl (C=O) groups excluding carboxylic acids is 1. The van der Waals surface area contributed by atoms with Crippen molar-refractivity contribution < 1.29 is 9.53 Å². The van der Waals surface area contributed by atoms with Crippen LogP contribution in [0.5, 0.6) is 5.75 Å². The minimum atomic E-state index is -0.0170. The molecule has 182 valence electrons. The molecule has 5 nitrogen and oxygen atoms in total. The van der Waals surface area contributed by atoms with Crippen LogP contribution in [0.4, 0.5) is 0 Å². The van der Waals surface area contributed by atoms with Crippen molar-refractivity contribution in [2.45, 2.75) is 71.8 Å². The average Bonchev–Trinajstić information content (AvgIpc) is 3.16. The van der Waals surface area contributed by atoms with E-state index in [4.69, 9.17) is 9.72 Å². The topological polar surface area (TPSA) is 56.2 Å². The first-order valence-electron chi connectivity index (χ1n) is 12.5. The molecule has 0 aliphatic heterocycles. The molecular weight excluding hydrogens is 422 g/mol. The van der Waals surface area contributed by atoms with E-state index in [9.17, 15) is 4.79 Å². The molecule has 34 heavy (non-hydrogen) atoms. The van der Waals surface area contributed by atoms with Gasteiger partial charge in [-0.25, -0.2) is 4.98 Å². The number of fused-ring (bicyclic) bond motifs is 1. The number of amides is 1. The fraction of sp³-hybridized carbons (Fsp3) is 0.448. The van der Waals surface area contributed by atoms with E-state index in [2.05, 4.69) is 73.1 Å². The molecule has 0 aliphatic rings. The number of nitrogens with zero attached hydrogens (tertiary/aromatic N) is 2. The number of aromatic nitrogens is 2. The number of para-hydroxylation sites is 2. The first-order chi connectivity index (χ1) is 16.4. The predicted molar refractivity (Wildman–Crippen MR) is 140 cm³/mol. The van der Waals surface area contributed by atoms with E-state index >= 15 is 0 Å². The fourth-order valence-electron chi connectivity index (χ4n) is 4.04. The lowest BCUT2D eigenvalue weighted by Gasteiger charge is -2.19. The van der Waals surface area contributed by atoms with Gasteiger partial charge >= 0.3 is 0 Å². The minimum absolute atomic E-state index is 0.0170. The highest BCUT2D eigenvalue weighted by Crippen LogP contribution is 2.24. The third-order valence-corrected chi connectivity index (χ3v) is 5.94. The molecule has 0 spiro atoms. The molecule has 0 atom stereocenters. The van der Waals surface area contributed by atoms with Crippen LogP contribution in [0.15, 0.2) is 60.7 Å². The second-order valence-corrected chi connectivity index (χ2v) is 9.75. The summed E-state index contributed by atoms with van der Waals surface area (Å²) in [5.41, 5.74) is 3.70. The quantitative estimate of drug-likeness (QED) is 0.258. The van der Waals surface area contributed by atoms with Crippen molar-refractivity contribution in [3.8, 4) is 5.75 Å². The van der Waals surface area contributed by atoms with Crippen molar-refractivity contribution in [2.75, 3.05) is 13.2 Å². The van der Waals surface area contributed by atoms with Crippen molar-refractivity contribution in [3.05, 3.63) is 72.1 Å². The van der Waals surface area contributed by atoms with Crippen molar-refractivity contribution in [1.82, 2.24) is 14.9 Å². The van der Waals surface area contributed by atoms with E-state index in [0.717, 1.165) is 55.7 Å². The van der Waals surface area contributed by atoms with Gasteiger partial charge in [-0.15, -0.1) is 0 Å². The van der Waals surface area contributed by atoms with Crippen LogP contribution in [0.2, 0.25) is 0 Å². The van der Waals surface area contributed by atoms with Crippen LogP contribution in [0.1, 0.15) is 64.8 Å². The van der Waals surface area contributed by atoms with E-state index in [0.29, 0.717) is 13.2 Å². The van der Waals surface area contributed by atoms with Crippen LogP contribution in [-0.2, 0) is 23.2 Å². The van der Waals surface area contributed by atoms with Gasteiger partial charge in [-0.2, -0.15) is 0 Å². The van der Waals surface area contributed by atoms with Gasteiger partial charge in [0.2, 0.25) is 5.91 Å². The Labute approximate surface area is 204 Å². The van der Waals surface area contributed by atoms with Gasteiger partial charge in [-0.3, -0.25) is 4.79 Å². The van der Waals surface area contributed by atoms with Crippen LogP contribution >= 0.6 is 0 Å². The summed E-state index contributed by atoms with van der Waals surface area (Å²) in [6.45, 7) is 10.8. The van der Waals surface area contributed by atoms with Gasteiger partial charge in [-0.05, 0) is 67.5 Å². The Kier molecular flexibility index (Phi) is 9.32. The van der Waals surface area contributed by atoms with Gasteiger partial charge in [-0.1, -0.05) is 57.5 Å². The van der Waals surface area contributed by atoms with E-state index in [1.807, 2.05) is 13.0 Å². The van der Waals surface area contributed by atoms with E-state index < -0.39 is 0 Å². The van der Waals surface area contributed by atoms with Crippen molar-refractivity contribution in [2.24, 2.45) is 0 Å². The zero-order valence-corrected chi connectivity index (χ0v) is 21.1. The number of rotatable bonds is 12. The van der Waals surface area contributed by atoms with E-state index in [1.165, 1.54) is 11.1 Å². The number of carbonyl (C=O) groups is 1. The molecule has 0 bridgehead atoms. The van der Waals surface area contributed by atoms with Crippen molar-refractivity contribution in [3.63, 3.8) is 0 Å². The molecule has 1 aromatic heterocycles. The van der Waals surface area contributed by atoms with E-state index in [1.54, 1.807) is 12.2 Å². The molecule has 3 rings (SSSR count). The minimum Gasteiger partial charge on any atom is -0.494 e. The zero-order chi connectivity index (χ0) is 24.4. The third-order valence-electron chi connectivity index (χ3n) is 5.94. The summed E-state index contributed by atoms with van der Waals surface area (Å²) >= 11 is 0. The number of hydrogen-bond acceptors (Lipinski definition) is 3. The number of unbranched alkanes of at least 4 members (excludes halogenated alkanes) is 2. The Morgan fingerprint density at radius 3 is 2.53 bits per heavy atom. The fourth-order valence-corrected chi connectivity index (χ4v) is 4.04. The molecule has 3 aromatic rings. The Morgan fingerprint density at radius 2 is 1.79 bits per heavy atom. The second-order valence-electron chi connectivity index (χ2n) is 9.75. The average molecular weight is 462 g/mol. The van der Waals surface area contributed by atoms with Gasteiger partial charge in [0, 0.05) is 19.5 Å². The maximum atomic E-state index is 11.5. The summed E-state index contributed by atoms with van der Waals surface area (Å²) in [6, 6.07) is 16.8. The van der Waals surface area contributed by atoms with Crippen molar-refractivity contribution in [1.29, 1.82) is 0 Å². The normalized spacial score (nSPS) is 11.9. The van der Waals surface area contributed by atoms with Gasteiger partial charge < -0.3 is 14.6 Å². The number of hydrogen-bond donors (Lipinski definition) is 1. The third kappa shape index (κ3) is 7.47. The summed E-state index contributed by atoms with van der Waals surface area (Å²) in [7, 11) is 0. The summed E-state index contributed by atoms with van der Waals surface area (Å²) in [6.07, 6.45) is 8.27. The molecule has 0 radical (unpaired) electrons. The van der Waals surface area contributed by atoms with Crippen LogP contribution in [0.3, 0.4) is 0 Å². The van der Waals surface area contributed by atoms with Crippen LogP contribution in [0.25, 0.3) is 11.0 Å². The maximum Gasteiger partial charge on any atom is 0.243 e. The zero-order valence-electron chi connectivity index (χ0n) is 21.1. The SMILES string of the molecule is C/C=C/C(=O)NCCCCCc1nc2ccccc2n1CCCOc1ccc(C(C)(C)C)cc1. The molecule has 5 heteroatoms. The number of imidazole rings is 1. The molecule has 0 unspecified atom stereocenters. The molecule has 0 saturated heterocycles. The van der Waals surface area contributed by atoms with Gasteiger partial charge in [0.25, 0.3) is 0 Å². The summed E-state index contributed by atoms with van der Waals surface area (Å²) in [5, 5.41) is 2.91. The highest BCUT2D eigenvalue weighted by Gasteiger charge is 2.13. The molecule has 1 heterocycles. The lowest BCUT2D eigenvalue weighted by molar-refractivity contribution is -0.116. The summed E-state index contributed by atoms with van der Waals surface area (Å²) in [5.74, 6) is 2.04. The Morgan fingerprint density at radius 1 is 1.03 bits per heavy atom. The molecular formula is C29H39N3O2. The molecule has 0 aliphatic carbocycles. The Bertz CT molecular complexity index is 1070. The number of nitrogens with one attached hydrogen (secondary N) is 1. The number of benzene rings is 2. The second kappa shape index (κ2) is 12.4. The maximum absolute atomic E-state index is 11.5. The lowest BCUT2D eigenvalue weighted by atomic mass is 9.87. The standard InChI is InChI=1S/C29H39N3O2/c1-5-12-28(33)30-20-10-6-7-15-27-31-25-13-8-9-14-26(25)32(27)21-11-22-34-24-18-16-23(17-19-24)29(2,3)4/h5,8-9,12-14,16-19H,6-7,10-11,15,20-22H2,1-4H3,(H,30,33)/b12-5+.